The Bertz CT molecular complexity index is 2780. The van der Waals surface area contributed by atoms with Gasteiger partial charge in [0.25, 0.3) is 0 Å². The maximum atomic E-state index is 2.68. The highest BCUT2D eigenvalue weighted by atomic mass is 32.1. The highest BCUT2D eigenvalue weighted by Crippen LogP contribution is 2.56. The maximum Gasteiger partial charge on any atom is 0.333 e. The van der Waals surface area contributed by atoms with Crippen LogP contribution in [0.3, 0.4) is 0 Å². The number of hydrogen-bond donors (Lipinski definition) is 0. The molecule has 4 heteroatoms. The molecule has 51 heavy (non-hydrogen) atoms. The number of thiophene rings is 1. The maximum absolute atomic E-state index is 2.68. The van der Waals surface area contributed by atoms with Crippen molar-refractivity contribution < 1.29 is 0 Å². The van der Waals surface area contributed by atoms with Gasteiger partial charge < -0.3 is 9.71 Å². The van der Waals surface area contributed by atoms with E-state index in [1.54, 1.807) is 0 Å². The Kier molecular flexibility index (Phi) is 5.73. The molecule has 7 aromatic carbocycles. The van der Waals surface area contributed by atoms with Gasteiger partial charge in [-0.15, -0.1) is 11.3 Å². The summed E-state index contributed by atoms with van der Waals surface area (Å²) in [4.78, 5) is 5.28. The summed E-state index contributed by atoms with van der Waals surface area (Å²) in [5, 5.41) is 5.25. The molecule has 0 saturated heterocycles. The van der Waals surface area contributed by atoms with Crippen molar-refractivity contribution >= 4 is 88.5 Å². The van der Waals surface area contributed by atoms with Crippen LogP contribution in [0.15, 0.2) is 133 Å². The number of hydrogen-bond acceptors (Lipinski definition) is 3. The number of nitrogens with zero attached hydrogens (tertiary/aromatic N) is 2. The molecule has 2 nitrogen and oxygen atoms in total. The van der Waals surface area contributed by atoms with E-state index >= 15 is 0 Å². The predicted molar refractivity (Wildman–Crippen MR) is 221 cm³/mol. The van der Waals surface area contributed by atoms with Crippen LogP contribution in [-0.4, -0.2) is 6.85 Å². The Balaban J connectivity index is 1.32. The standard InChI is InChI=1S/C47H37BN2S/c1-46(2,3)29-21-23-30(24-22-29)50-39-26-33-32-15-8-11-20-41(32)51-42(33)27-34(39)43-31-14-7-6-13-28(31)25-40-44(43)48(50)37-18-12-17-36-45(37)49(40)38-19-10-9-16-35(38)47(36,4)5/h6-27H,1-5H3. The summed E-state index contributed by atoms with van der Waals surface area (Å²) >= 11 is 1.91. The van der Waals surface area contributed by atoms with Gasteiger partial charge in [-0.2, -0.15) is 0 Å². The monoisotopic (exact) mass is 672 g/mol. The van der Waals surface area contributed by atoms with Gasteiger partial charge in [0.1, 0.15) is 0 Å². The molecule has 8 aromatic rings. The molecular weight excluding hydrogens is 635 g/mol. The summed E-state index contributed by atoms with van der Waals surface area (Å²) in [6, 6.07) is 51.0. The molecule has 0 atom stereocenters. The molecule has 11 rings (SSSR count). The van der Waals surface area contributed by atoms with Crippen LogP contribution in [0.1, 0.15) is 51.3 Å². The highest BCUT2D eigenvalue weighted by molar-refractivity contribution is 7.25. The minimum atomic E-state index is -0.150. The molecule has 1 aromatic heterocycles. The van der Waals surface area contributed by atoms with E-state index in [1.165, 1.54) is 98.1 Å². The van der Waals surface area contributed by atoms with Crippen molar-refractivity contribution in [1.29, 1.82) is 0 Å². The molecule has 0 radical (unpaired) electrons. The summed E-state index contributed by atoms with van der Waals surface area (Å²) in [6.45, 7) is 11.7. The zero-order valence-electron chi connectivity index (χ0n) is 29.6. The summed E-state index contributed by atoms with van der Waals surface area (Å²) in [6.07, 6.45) is 0. The fraction of sp³-hybridized carbons (Fsp3) is 0.149. The lowest BCUT2D eigenvalue weighted by atomic mass is 9.42. The van der Waals surface area contributed by atoms with Crippen molar-refractivity contribution in [3.63, 3.8) is 0 Å². The lowest BCUT2D eigenvalue weighted by Crippen LogP contribution is -2.62. The van der Waals surface area contributed by atoms with Gasteiger partial charge >= 0.3 is 6.85 Å². The van der Waals surface area contributed by atoms with Crippen molar-refractivity contribution in [3.8, 4) is 11.1 Å². The van der Waals surface area contributed by atoms with Gasteiger partial charge in [0.05, 0.1) is 5.69 Å². The normalized spacial score (nSPS) is 15.2. The van der Waals surface area contributed by atoms with Crippen LogP contribution in [0.5, 0.6) is 0 Å². The number of anilines is 5. The van der Waals surface area contributed by atoms with Crippen molar-refractivity contribution in [2.24, 2.45) is 0 Å². The molecular formula is C47H37BN2S. The van der Waals surface area contributed by atoms with Crippen LogP contribution < -0.4 is 20.6 Å². The van der Waals surface area contributed by atoms with Crippen LogP contribution in [0.4, 0.5) is 28.4 Å². The van der Waals surface area contributed by atoms with Gasteiger partial charge in [-0.05, 0) is 91.8 Å². The van der Waals surface area contributed by atoms with E-state index in [0.717, 1.165) is 0 Å². The lowest BCUT2D eigenvalue weighted by Gasteiger charge is -2.50. The average molecular weight is 673 g/mol. The molecule has 0 unspecified atom stereocenters. The van der Waals surface area contributed by atoms with Gasteiger partial charge in [0, 0.05) is 53.9 Å². The van der Waals surface area contributed by atoms with E-state index in [9.17, 15) is 0 Å². The minimum absolute atomic E-state index is 0.0118. The van der Waals surface area contributed by atoms with Crippen LogP contribution >= 0.6 is 11.3 Å². The van der Waals surface area contributed by atoms with Crippen LogP contribution in [-0.2, 0) is 10.8 Å². The Morgan fingerprint density at radius 2 is 1.33 bits per heavy atom. The van der Waals surface area contributed by atoms with E-state index in [-0.39, 0.29) is 17.7 Å². The molecule has 3 aliphatic rings. The third-order valence-corrected chi connectivity index (χ3v) is 13.1. The van der Waals surface area contributed by atoms with Crippen molar-refractivity contribution in [1.82, 2.24) is 0 Å². The number of fused-ring (bicyclic) bond motifs is 11. The zero-order valence-corrected chi connectivity index (χ0v) is 30.4. The number of rotatable bonds is 1. The summed E-state index contributed by atoms with van der Waals surface area (Å²) in [5.41, 5.74) is 15.8. The zero-order chi connectivity index (χ0) is 34.4. The Labute approximate surface area is 303 Å². The molecule has 0 amide bonds. The largest absolute Gasteiger partial charge is 0.376 e. The SMILES string of the molecule is CC(C)(C)c1ccc(N2B3c4cccc5c4N(c4ccccc4C5(C)C)c4cc5ccccc5c(c43)-c3cc4sc5ccccc5c4cc32)cc1. The third kappa shape index (κ3) is 3.84. The first-order valence-corrected chi connectivity index (χ1v) is 19.0. The van der Waals surface area contributed by atoms with E-state index in [4.69, 9.17) is 0 Å². The first-order chi connectivity index (χ1) is 24.7. The fourth-order valence-electron chi connectivity index (χ4n) is 9.48. The topological polar surface area (TPSA) is 6.48 Å². The van der Waals surface area contributed by atoms with Crippen LogP contribution in [0.2, 0.25) is 0 Å². The molecule has 0 bridgehead atoms. The van der Waals surface area contributed by atoms with Crippen LogP contribution in [0.25, 0.3) is 42.1 Å². The second-order valence-corrected chi connectivity index (χ2v) is 17.2. The average Bonchev–Trinajstić information content (AvgIpc) is 3.50. The Hall–Kier alpha value is -5.32. The predicted octanol–water partition coefficient (Wildman–Crippen LogP) is 11.9. The first-order valence-electron chi connectivity index (χ1n) is 18.1. The van der Waals surface area contributed by atoms with E-state index in [1.807, 2.05) is 11.3 Å². The number of para-hydroxylation sites is 2. The summed E-state index contributed by atoms with van der Waals surface area (Å²) < 4.78 is 2.67. The molecule has 0 aliphatic carbocycles. The van der Waals surface area contributed by atoms with Crippen molar-refractivity contribution in [2.45, 2.75) is 45.4 Å². The second kappa shape index (κ2) is 9.93. The molecule has 0 spiro atoms. The van der Waals surface area contributed by atoms with Gasteiger partial charge in [-0.1, -0.05) is 126 Å². The Morgan fingerprint density at radius 1 is 0.608 bits per heavy atom. The second-order valence-electron chi connectivity index (χ2n) is 16.2. The smallest absolute Gasteiger partial charge is 0.333 e. The van der Waals surface area contributed by atoms with E-state index in [0.29, 0.717) is 0 Å². The van der Waals surface area contributed by atoms with Gasteiger partial charge in [-0.25, -0.2) is 0 Å². The molecule has 4 heterocycles. The van der Waals surface area contributed by atoms with E-state index in [2.05, 4.69) is 178 Å². The molecule has 0 N–H and O–H groups in total. The summed E-state index contributed by atoms with van der Waals surface area (Å²) in [7, 11) is 0. The van der Waals surface area contributed by atoms with Crippen LogP contribution in [0, 0.1) is 0 Å². The molecule has 0 fully saturated rings. The first kappa shape index (κ1) is 29.4. The minimum Gasteiger partial charge on any atom is -0.376 e. The van der Waals surface area contributed by atoms with Gasteiger partial charge in [-0.3, -0.25) is 0 Å². The lowest BCUT2D eigenvalue weighted by molar-refractivity contribution is 0.590. The fourth-order valence-corrected chi connectivity index (χ4v) is 10.6. The van der Waals surface area contributed by atoms with Crippen molar-refractivity contribution in [2.75, 3.05) is 9.71 Å². The number of benzene rings is 7. The quantitative estimate of drug-likeness (QED) is 0.160. The van der Waals surface area contributed by atoms with Crippen molar-refractivity contribution in [3.05, 3.63) is 150 Å². The molecule has 244 valence electrons. The van der Waals surface area contributed by atoms with Gasteiger partial charge in [0.15, 0.2) is 0 Å². The summed E-state index contributed by atoms with van der Waals surface area (Å²) in [5.74, 6) is 0. The Morgan fingerprint density at radius 3 is 2.16 bits per heavy atom. The van der Waals surface area contributed by atoms with E-state index < -0.39 is 0 Å². The van der Waals surface area contributed by atoms with Gasteiger partial charge in [0.2, 0.25) is 0 Å². The third-order valence-electron chi connectivity index (χ3n) is 12.0. The highest BCUT2D eigenvalue weighted by Gasteiger charge is 2.49. The molecule has 0 saturated carbocycles. The molecule has 3 aliphatic heterocycles.